The minimum absolute atomic E-state index is 0.00733. The van der Waals surface area contributed by atoms with Crippen LogP contribution in [0.25, 0.3) is 0 Å². The third-order valence-electron chi connectivity index (χ3n) is 6.58. The Morgan fingerprint density at radius 1 is 1.12 bits per heavy atom. The molecule has 9 heteroatoms. The number of rotatable bonds is 7. The highest BCUT2D eigenvalue weighted by Gasteiger charge is 2.39. The van der Waals surface area contributed by atoms with Gasteiger partial charge < -0.3 is 26.0 Å². The molecule has 0 unspecified atom stereocenters. The summed E-state index contributed by atoms with van der Waals surface area (Å²) in [4.78, 5) is 49.0. The van der Waals surface area contributed by atoms with Gasteiger partial charge in [-0.25, -0.2) is 0 Å². The molecule has 1 fully saturated rings. The number of amides is 3. The molecule has 0 radical (unpaired) electrons. The maximum atomic E-state index is 13.3. The lowest BCUT2D eigenvalue weighted by Crippen LogP contribution is -2.57. The summed E-state index contributed by atoms with van der Waals surface area (Å²) in [6, 6.07) is 6.73. The van der Waals surface area contributed by atoms with Crippen molar-refractivity contribution in [3.8, 4) is 0 Å². The second-order valence-corrected chi connectivity index (χ2v) is 9.19. The molecule has 1 aromatic rings. The van der Waals surface area contributed by atoms with Crippen molar-refractivity contribution in [2.24, 2.45) is 5.92 Å². The zero-order valence-corrected chi connectivity index (χ0v) is 20.5. The summed E-state index contributed by atoms with van der Waals surface area (Å²) in [6.45, 7) is 5.87. The second kappa shape index (κ2) is 13.1. The Morgan fingerprint density at radius 3 is 2.44 bits per heavy atom. The monoisotopic (exact) mass is 474 g/mol. The number of hydrogen-bond acceptors (Lipinski definition) is 5. The smallest absolute Gasteiger partial charge is 0.290 e. The normalized spacial score (nSPS) is 20.9. The molecule has 2 aliphatic rings. The van der Waals surface area contributed by atoms with E-state index in [-0.39, 0.29) is 36.2 Å². The Balaban J connectivity index is 0.00000129. The van der Waals surface area contributed by atoms with Gasteiger partial charge in [0.25, 0.3) is 6.47 Å². The highest BCUT2D eigenvalue weighted by molar-refractivity contribution is 5.93. The Hall–Kier alpha value is -2.94. The molecule has 188 valence electrons. The van der Waals surface area contributed by atoms with Crippen LogP contribution < -0.4 is 16.0 Å². The Kier molecular flexibility index (Phi) is 10.5. The summed E-state index contributed by atoms with van der Waals surface area (Å²) in [5.74, 6) is -0.554. The van der Waals surface area contributed by atoms with E-state index in [1.807, 2.05) is 26.0 Å². The van der Waals surface area contributed by atoms with E-state index < -0.39 is 18.1 Å². The molecule has 4 atom stereocenters. The van der Waals surface area contributed by atoms with Crippen molar-refractivity contribution in [3.05, 3.63) is 35.4 Å². The van der Waals surface area contributed by atoms with Gasteiger partial charge in [0.05, 0.1) is 12.1 Å². The Morgan fingerprint density at radius 2 is 1.79 bits per heavy atom. The molecule has 0 saturated carbocycles. The molecule has 4 N–H and O–H groups in total. The predicted octanol–water partition coefficient (Wildman–Crippen LogP) is 1.62. The number of hydrogen-bond donors (Lipinski definition) is 4. The van der Waals surface area contributed by atoms with Crippen LogP contribution in [0.5, 0.6) is 0 Å². The first-order chi connectivity index (χ1) is 16.2. The molecular formula is C25H38N4O5. The molecule has 0 aromatic heterocycles. The molecule has 0 spiro atoms. The minimum atomic E-state index is -0.646. The van der Waals surface area contributed by atoms with Crippen LogP contribution in [-0.2, 0) is 25.6 Å². The fourth-order valence-electron chi connectivity index (χ4n) is 4.58. The Bertz CT molecular complexity index is 859. The zero-order chi connectivity index (χ0) is 25.3. The molecule has 1 aromatic carbocycles. The van der Waals surface area contributed by atoms with E-state index in [2.05, 4.69) is 28.1 Å². The SMILES string of the molecule is CN[C@@H](C)C(=O)N[C@H](C(=O)N1CCC[C@H]1C(=O)N[C@@H]1CCCc2ccccc21)C(C)C.O=CO. The molecule has 34 heavy (non-hydrogen) atoms. The van der Waals surface area contributed by atoms with Crippen LogP contribution in [0, 0.1) is 5.92 Å². The first-order valence-electron chi connectivity index (χ1n) is 12.0. The molecule has 3 amide bonds. The maximum absolute atomic E-state index is 13.3. The molecule has 1 heterocycles. The minimum Gasteiger partial charge on any atom is -0.483 e. The summed E-state index contributed by atoms with van der Waals surface area (Å²) in [6.07, 6.45) is 4.43. The van der Waals surface area contributed by atoms with Crippen LogP contribution in [0.3, 0.4) is 0 Å². The molecule has 0 bridgehead atoms. The largest absolute Gasteiger partial charge is 0.483 e. The topological polar surface area (TPSA) is 128 Å². The lowest BCUT2D eigenvalue weighted by atomic mass is 9.87. The fourth-order valence-corrected chi connectivity index (χ4v) is 4.58. The first-order valence-corrected chi connectivity index (χ1v) is 12.0. The lowest BCUT2D eigenvalue weighted by Gasteiger charge is -2.33. The van der Waals surface area contributed by atoms with Crippen molar-refractivity contribution in [3.63, 3.8) is 0 Å². The maximum Gasteiger partial charge on any atom is 0.290 e. The van der Waals surface area contributed by atoms with E-state index >= 15 is 0 Å². The van der Waals surface area contributed by atoms with E-state index in [4.69, 9.17) is 9.90 Å². The number of carboxylic acid groups (broad SMARTS) is 1. The summed E-state index contributed by atoms with van der Waals surface area (Å²) in [5, 5.41) is 15.9. The third-order valence-corrected chi connectivity index (χ3v) is 6.58. The van der Waals surface area contributed by atoms with E-state index in [0.717, 1.165) is 25.7 Å². The number of likely N-dealkylation sites (tertiary alicyclic amines) is 1. The summed E-state index contributed by atoms with van der Waals surface area (Å²) in [7, 11) is 1.71. The molecule has 9 nitrogen and oxygen atoms in total. The van der Waals surface area contributed by atoms with E-state index in [1.165, 1.54) is 11.1 Å². The van der Waals surface area contributed by atoms with Crippen LogP contribution in [0.2, 0.25) is 0 Å². The lowest BCUT2D eigenvalue weighted by molar-refractivity contribution is -0.142. The van der Waals surface area contributed by atoms with Gasteiger partial charge in [0.1, 0.15) is 12.1 Å². The number of fused-ring (bicyclic) bond motifs is 1. The van der Waals surface area contributed by atoms with Crippen LogP contribution >= 0.6 is 0 Å². The highest BCUT2D eigenvalue weighted by atomic mass is 16.3. The molecule has 1 aliphatic heterocycles. The van der Waals surface area contributed by atoms with Crippen LogP contribution in [-0.4, -0.2) is 65.9 Å². The third kappa shape index (κ3) is 6.79. The van der Waals surface area contributed by atoms with Gasteiger partial charge in [0.2, 0.25) is 17.7 Å². The second-order valence-electron chi connectivity index (χ2n) is 9.19. The summed E-state index contributed by atoms with van der Waals surface area (Å²) in [5.41, 5.74) is 2.48. The van der Waals surface area contributed by atoms with Crippen LogP contribution in [0.15, 0.2) is 24.3 Å². The van der Waals surface area contributed by atoms with Crippen molar-refractivity contribution >= 4 is 24.2 Å². The van der Waals surface area contributed by atoms with Gasteiger partial charge in [-0.2, -0.15) is 0 Å². The number of nitrogens with one attached hydrogen (secondary N) is 3. The number of benzene rings is 1. The van der Waals surface area contributed by atoms with Gasteiger partial charge in [-0.3, -0.25) is 19.2 Å². The average Bonchev–Trinajstić information content (AvgIpc) is 3.32. The standard InChI is InChI=1S/C24H36N4O3.CH2O2/c1-15(2)21(27-22(29)16(3)25-4)24(31)28-14-8-13-20(28)23(30)26-19-12-7-10-17-9-5-6-11-18(17)19;2-1-3/h5-6,9,11,15-16,19-21,25H,7-8,10,12-14H2,1-4H3,(H,26,30)(H,27,29);1H,(H,2,3)/t16-,19+,20-,21-;/m0./s1. The quantitative estimate of drug-likeness (QED) is 0.445. The molecule has 1 saturated heterocycles. The van der Waals surface area contributed by atoms with Crippen molar-refractivity contribution in [2.45, 2.75) is 77.0 Å². The molecular weight excluding hydrogens is 436 g/mol. The molecule has 3 rings (SSSR count). The van der Waals surface area contributed by atoms with Gasteiger partial charge in [-0.05, 0) is 63.1 Å². The Labute approximate surface area is 201 Å². The average molecular weight is 475 g/mol. The first kappa shape index (κ1) is 27.3. The highest BCUT2D eigenvalue weighted by Crippen LogP contribution is 2.30. The van der Waals surface area contributed by atoms with Crippen LogP contribution in [0.1, 0.15) is 63.6 Å². The number of nitrogens with zero attached hydrogens (tertiary/aromatic N) is 1. The van der Waals surface area contributed by atoms with E-state index in [1.54, 1.807) is 18.9 Å². The van der Waals surface area contributed by atoms with Crippen molar-refractivity contribution in [2.75, 3.05) is 13.6 Å². The summed E-state index contributed by atoms with van der Waals surface area (Å²) < 4.78 is 0. The number of aryl methyl sites for hydroxylation is 1. The van der Waals surface area contributed by atoms with Gasteiger partial charge in [-0.15, -0.1) is 0 Å². The van der Waals surface area contributed by atoms with Crippen molar-refractivity contribution in [1.29, 1.82) is 0 Å². The summed E-state index contributed by atoms with van der Waals surface area (Å²) >= 11 is 0. The number of likely N-dealkylation sites (N-methyl/N-ethyl adjacent to an activating group) is 1. The van der Waals surface area contributed by atoms with Gasteiger partial charge in [-0.1, -0.05) is 38.1 Å². The van der Waals surface area contributed by atoms with Gasteiger partial charge in [0, 0.05) is 6.54 Å². The number of carbonyl (C=O) groups is 4. The van der Waals surface area contributed by atoms with E-state index in [0.29, 0.717) is 13.0 Å². The van der Waals surface area contributed by atoms with Gasteiger partial charge in [0.15, 0.2) is 0 Å². The van der Waals surface area contributed by atoms with E-state index in [9.17, 15) is 14.4 Å². The zero-order valence-electron chi connectivity index (χ0n) is 20.5. The van der Waals surface area contributed by atoms with Gasteiger partial charge >= 0.3 is 0 Å². The van der Waals surface area contributed by atoms with Crippen molar-refractivity contribution < 1.29 is 24.3 Å². The van der Waals surface area contributed by atoms with Crippen molar-refractivity contribution in [1.82, 2.24) is 20.9 Å². The molecule has 1 aliphatic carbocycles. The van der Waals surface area contributed by atoms with Crippen LogP contribution in [0.4, 0.5) is 0 Å². The fraction of sp³-hybridized carbons (Fsp3) is 0.600. The predicted molar refractivity (Wildman–Crippen MR) is 129 cm³/mol. The number of carbonyl (C=O) groups excluding carboxylic acids is 3.